The van der Waals surface area contributed by atoms with Gasteiger partial charge in [-0.25, -0.2) is 0 Å². The Labute approximate surface area is 161 Å². The van der Waals surface area contributed by atoms with Crippen molar-refractivity contribution >= 4 is 34.6 Å². The molecule has 2 fully saturated rings. The summed E-state index contributed by atoms with van der Waals surface area (Å²) in [6.07, 6.45) is 3.66. The second-order valence-corrected chi connectivity index (χ2v) is 8.60. The Morgan fingerprint density at radius 1 is 1.04 bits per heavy atom. The number of rotatable bonds is 2. The first-order valence-electron chi connectivity index (χ1n) is 9.03. The molecular weight excluding hydrogens is 371 g/mol. The van der Waals surface area contributed by atoms with Crippen molar-refractivity contribution in [2.75, 3.05) is 5.32 Å². The minimum absolute atomic E-state index is 0.119. The number of hydrogen-bond acceptors (Lipinski definition) is 3. The van der Waals surface area contributed by atoms with Crippen LogP contribution in [0.3, 0.4) is 0 Å². The topological polar surface area (TPSA) is 55.2 Å². The molecule has 4 nitrogen and oxygen atoms in total. The maximum atomic E-state index is 11.3. The van der Waals surface area contributed by atoms with Crippen LogP contribution in [0.2, 0.25) is 10.0 Å². The highest BCUT2D eigenvalue weighted by atomic mass is 35.5. The summed E-state index contributed by atoms with van der Waals surface area (Å²) in [5.74, 6) is 2.03. The third kappa shape index (κ3) is 2.35. The van der Waals surface area contributed by atoms with Crippen molar-refractivity contribution in [2.45, 2.75) is 31.2 Å². The van der Waals surface area contributed by atoms with E-state index in [1.165, 1.54) is 19.3 Å². The summed E-state index contributed by atoms with van der Waals surface area (Å²) in [5.41, 5.74) is 3.36. The molecule has 3 aliphatic rings. The van der Waals surface area contributed by atoms with Crippen LogP contribution in [0, 0.1) is 27.9 Å². The molecule has 2 aliphatic carbocycles. The lowest BCUT2D eigenvalue weighted by Crippen LogP contribution is -2.35. The molecule has 134 valence electrons. The summed E-state index contributed by atoms with van der Waals surface area (Å²) in [4.78, 5) is 11.0. The number of hydrogen-bond donors (Lipinski definition) is 1. The highest BCUT2D eigenvalue weighted by molar-refractivity contribution is 6.35. The van der Waals surface area contributed by atoms with Crippen LogP contribution in [-0.2, 0) is 0 Å². The van der Waals surface area contributed by atoms with E-state index in [9.17, 15) is 10.1 Å². The molecule has 2 aromatic carbocycles. The standard InChI is InChI=1S/C20H18Cl2N2O2/c21-12-3-5-14(16(22)8-12)20-19-11-2-1-10(7-11)18(19)15-9-13(24(25)26)4-6-17(15)23-20/h3-6,8-11,18-20,23H,1-2,7H2/t10-,11+,18-,19+,20+/m1/s1. The average molecular weight is 389 g/mol. The van der Waals surface area contributed by atoms with Crippen LogP contribution >= 0.6 is 23.2 Å². The van der Waals surface area contributed by atoms with Crippen molar-refractivity contribution in [3.05, 3.63) is 67.7 Å². The van der Waals surface area contributed by atoms with Gasteiger partial charge in [0.2, 0.25) is 0 Å². The number of fused-ring (bicyclic) bond motifs is 7. The SMILES string of the molecule is O=[N+]([O-])c1ccc2c(c1)[C@H]1[C@@H]3CC[C@@H](C3)[C@@H]1[C@H](c1ccc(Cl)cc1Cl)N2. The maximum absolute atomic E-state index is 11.3. The zero-order chi connectivity index (χ0) is 18.0. The van der Waals surface area contributed by atoms with Crippen LogP contribution in [0.25, 0.3) is 0 Å². The summed E-state index contributed by atoms with van der Waals surface area (Å²) in [6.45, 7) is 0. The lowest BCUT2D eigenvalue weighted by molar-refractivity contribution is -0.384. The smallest absolute Gasteiger partial charge is 0.269 e. The molecule has 5 rings (SSSR count). The first kappa shape index (κ1) is 16.4. The highest BCUT2D eigenvalue weighted by Gasteiger charge is 2.54. The van der Waals surface area contributed by atoms with Crippen molar-refractivity contribution in [2.24, 2.45) is 17.8 Å². The van der Waals surface area contributed by atoms with Gasteiger partial charge in [0, 0.05) is 27.9 Å². The van der Waals surface area contributed by atoms with Gasteiger partial charge in [-0.05, 0) is 72.3 Å². The van der Waals surface area contributed by atoms with Crippen LogP contribution in [0.1, 0.15) is 42.3 Å². The monoisotopic (exact) mass is 388 g/mol. The van der Waals surface area contributed by atoms with E-state index >= 15 is 0 Å². The van der Waals surface area contributed by atoms with Crippen LogP contribution in [0.15, 0.2) is 36.4 Å². The highest BCUT2D eigenvalue weighted by Crippen LogP contribution is 2.64. The predicted octanol–water partition coefficient (Wildman–Crippen LogP) is 6.20. The summed E-state index contributed by atoms with van der Waals surface area (Å²) in [6, 6.07) is 11.0. The molecule has 2 saturated carbocycles. The fraction of sp³-hybridized carbons (Fsp3) is 0.400. The Balaban J connectivity index is 1.64. The molecule has 0 radical (unpaired) electrons. The van der Waals surface area contributed by atoms with Gasteiger partial charge >= 0.3 is 0 Å². The lowest BCUT2D eigenvalue weighted by Gasteiger charge is -2.43. The number of nitrogens with zero attached hydrogens (tertiary/aromatic N) is 1. The molecule has 1 heterocycles. The zero-order valence-corrected chi connectivity index (χ0v) is 15.5. The fourth-order valence-corrected chi connectivity index (χ4v) is 6.18. The Kier molecular flexibility index (Phi) is 3.70. The maximum Gasteiger partial charge on any atom is 0.269 e. The van der Waals surface area contributed by atoms with Gasteiger partial charge in [-0.1, -0.05) is 29.3 Å². The molecule has 2 aromatic rings. The molecule has 26 heavy (non-hydrogen) atoms. The van der Waals surface area contributed by atoms with Crippen LogP contribution < -0.4 is 5.32 Å². The van der Waals surface area contributed by atoms with Crippen molar-refractivity contribution in [1.29, 1.82) is 0 Å². The van der Waals surface area contributed by atoms with Crippen LogP contribution in [0.5, 0.6) is 0 Å². The van der Waals surface area contributed by atoms with Gasteiger partial charge in [-0.15, -0.1) is 0 Å². The van der Waals surface area contributed by atoms with E-state index in [1.807, 2.05) is 18.2 Å². The normalized spacial score (nSPS) is 31.2. The number of halogens is 2. The summed E-state index contributed by atoms with van der Waals surface area (Å²) < 4.78 is 0. The number of anilines is 1. The predicted molar refractivity (Wildman–Crippen MR) is 103 cm³/mol. The van der Waals surface area contributed by atoms with Gasteiger partial charge in [0.05, 0.1) is 11.0 Å². The second-order valence-electron chi connectivity index (χ2n) is 7.75. The number of nitro groups is 1. The van der Waals surface area contributed by atoms with Crippen molar-refractivity contribution in [3.63, 3.8) is 0 Å². The lowest BCUT2D eigenvalue weighted by atomic mass is 9.68. The van der Waals surface area contributed by atoms with Gasteiger partial charge in [-0.2, -0.15) is 0 Å². The minimum atomic E-state index is -0.301. The molecule has 0 spiro atoms. The fourth-order valence-electron chi connectivity index (χ4n) is 5.65. The van der Waals surface area contributed by atoms with E-state index in [0.717, 1.165) is 16.8 Å². The van der Waals surface area contributed by atoms with Gasteiger partial charge in [0.15, 0.2) is 0 Å². The van der Waals surface area contributed by atoms with E-state index in [2.05, 4.69) is 5.32 Å². The molecular formula is C20H18Cl2N2O2. The molecule has 0 saturated heterocycles. The average Bonchev–Trinajstić information content (AvgIpc) is 3.23. The summed E-state index contributed by atoms with van der Waals surface area (Å²) in [7, 11) is 0. The summed E-state index contributed by atoms with van der Waals surface area (Å²) in [5, 5.41) is 16.2. The first-order valence-corrected chi connectivity index (χ1v) is 9.78. The van der Waals surface area contributed by atoms with Crippen molar-refractivity contribution in [3.8, 4) is 0 Å². The van der Waals surface area contributed by atoms with Crippen molar-refractivity contribution < 1.29 is 4.92 Å². The van der Waals surface area contributed by atoms with E-state index in [4.69, 9.17) is 23.2 Å². The zero-order valence-electron chi connectivity index (χ0n) is 14.0. The van der Waals surface area contributed by atoms with E-state index in [-0.39, 0.29) is 16.7 Å². The number of benzene rings is 2. The molecule has 6 heteroatoms. The van der Waals surface area contributed by atoms with E-state index in [0.29, 0.717) is 33.7 Å². The first-order chi connectivity index (χ1) is 12.5. The van der Waals surface area contributed by atoms with Gasteiger partial charge in [-0.3, -0.25) is 10.1 Å². The summed E-state index contributed by atoms with van der Waals surface area (Å²) >= 11 is 12.6. The molecule has 1 N–H and O–H groups in total. The molecule has 0 unspecified atom stereocenters. The number of nitrogens with one attached hydrogen (secondary N) is 1. The van der Waals surface area contributed by atoms with Gasteiger partial charge < -0.3 is 5.32 Å². The largest absolute Gasteiger partial charge is 0.378 e. The third-order valence-corrected chi connectivity index (χ3v) is 7.14. The Bertz CT molecular complexity index is 917. The van der Waals surface area contributed by atoms with Crippen LogP contribution in [0.4, 0.5) is 11.4 Å². The molecule has 0 aromatic heterocycles. The Hall–Kier alpha value is -1.78. The second kappa shape index (κ2) is 5.86. The Morgan fingerprint density at radius 2 is 1.85 bits per heavy atom. The minimum Gasteiger partial charge on any atom is -0.378 e. The van der Waals surface area contributed by atoms with Gasteiger partial charge in [0.1, 0.15) is 0 Å². The third-order valence-electron chi connectivity index (χ3n) is 6.58. The van der Waals surface area contributed by atoms with E-state index in [1.54, 1.807) is 18.2 Å². The quantitative estimate of drug-likeness (QED) is 0.492. The number of nitro benzene ring substituents is 1. The van der Waals surface area contributed by atoms with Crippen molar-refractivity contribution in [1.82, 2.24) is 0 Å². The molecule has 5 atom stereocenters. The molecule has 0 amide bonds. The van der Waals surface area contributed by atoms with Crippen LogP contribution in [-0.4, -0.2) is 4.92 Å². The molecule has 2 bridgehead atoms. The van der Waals surface area contributed by atoms with E-state index < -0.39 is 0 Å². The Morgan fingerprint density at radius 3 is 2.62 bits per heavy atom. The molecule has 1 aliphatic heterocycles. The van der Waals surface area contributed by atoms with Gasteiger partial charge in [0.25, 0.3) is 5.69 Å². The number of non-ortho nitro benzene ring substituents is 1.